The van der Waals surface area contributed by atoms with Crippen LogP contribution in [-0.2, 0) is 0 Å². The van der Waals surface area contributed by atoms with E-state index in [2.05, 4.69) is 23.6 Å². The lowest BCUT2D eigenvalue weighted by Crippen LogP contribution is -2.39. The largest absolute Gasteiger partial charge is 0.395 e. The molecule has 1 rings (SSSR count). The van der Waals surface area contributed by atoms with E-state index in [4.69, 9.17) is 5.11 Å². The first-order valence-corrected chi connectivity index (χ1v) is 6.28. The van der Waals surface area contributed by atoms with Gasteiger partial charge in [0.15, 0.2) is 0 Å². The van der Waals surface area contributed by atoms with Crippen molar-refractivity contribution >= 4 is 0 Å². The standard InChI is InChI=1S/C12H26N2O.CH4/c1-12(2)11-14-7-3-5-13(9-10-15)6-4-8-14;/h12,15H,3-11H2,1-2H3;1H4. The molecule has 1 fully saturated rings. The van der Waals surface area contributed by atoms with Crippen LogP contribution < -0.4 is 0 Å². The van der Waals surface area contributed by atoms with E-state index in [-0.39, 0.29) is 7.43 Å². The van der Waals surface area contributed by atoms with Gasteiger partial charge in [0, 0.05) is 13.1 Å². The average molecular weight is 230 g/mol. The number of hydrogen-bond donors (Lipinski definition) is 1. The quantitative estimate of drug-likeness (QED) is 0.796. The lowest BCUT2D eigenvalue weighted by atomic mass is 10.1. The van der Waals surface area contributed by atoms with Gasteiger partial charge in [-0.3, -0.25) is 0 Å². The van der Waals surface area contributed by atoms with Gasteiger partial charge in [-0.2, -0.15) is 0 Å². The number of aliphatic hydroxyl groups excluding tert-OH is 1. The van der Waals surface area contributed by atoms with Crippen LogP contribution in [-0.4, -0.2) is 60.8 Å². The summed E-state index contributed by atoms with van der Waals surface area (Å²) in [5, 5.41) is 8.90. The van der Waals surface area contributed by atoms with Crippen LogP contribution in [0, 0.1) is 5.92 Å². The summed E-state index contributed by atoms with van der Waals surface area (Å²) >= 11 is 0. The Kier molecular flexibility index (Phi) is 8.90. The summed E-state index contributed by atoms with van der Waals surface area (Å²) in [6, 6.07) is 0. The summed E-state index contributed by atoms with van der Waals surface area (Å²) in [6.07, 6.45) is 2.49. The van der Waals surface area contributed by atoms with Gasteiger partial charge in [0.2, 0.25) is 0 Å². The van der Waals surface area contributed by atoms with Gasteiger partial charge in [-0.25, -0.2) is 0 Å². The topological polar surface area (TPSA) is 26.7 Å². The van der Waals surface area contributed by atoms with Crippen molar-refractivity contribution in [2.45, 2.75) is 34.1 Å². The minimum Gasteiger partial charge on any atom is -0.395 e. The van der Waals surface area contributed by atoms with E-state index in [1.807, 2.05) is 0 Å². The fourth-order valence-corrected chi connectivity index (χ4v) is 2.32. The van der Waals surface area contributed by atoms with Crippen molar-refractivity contribution in [1.29, 1.82) is 0 Å². The van der Waals surface area contributed by atoms with Crippen LogP contribution in [0.3, 0.4) is 0 Å². The van der Waals surface area contributed by atoms with Crippen molar-refractivity contribution < 1.29 is 5.11 Å². The predicted molar refractivity (Wildman–Crippen MR) is 70.8 cm³/mol. The molecule has 1 aliphatic heterocycles. The maximum Gasteiger partial charge on any atom is 0.0558 e. The van der Waals surface area contributed by atoms with E-state index in [9.17, 15) is 0 Å². The maximum absolute atomic E-state index is 8.90. The molecule has 3 heteroatoms. The van der Waals surface area contributed by atoms with Crippen LogP contribution >= 0.6 is 0 Å². The van der Waals surface area contributed by atoms with Crippen molar-refractivity contribution in [3.05, 3.63) is 0 Å². The normalized spacial score (nSPS) is 20.2. The molecule has 0 saturated carbocycles. The molecule has 3 nitrogen and oxygen atoms in total. The molecular formula is C13H30N2O. The Hall–Kier alpha value is -0.120. The van der Waals surface area contributed by atoms with Gasteiger partial charge in [0.25, 0.3) is 0 Å². The molecule has 1 heterocycles. The van der Waals surface area contributed by atoms with E-state index < -0.39 is 0 Å². The Balaban J connectivity index is 0.00000225. The Morgan fingerprint density at radius 1 is 1.00 bits per heavy atom. The van der Waals surface area contributed by atoms with Gasteiger partial charge in [0.1, 0.15) is 0 Å². The molecule has 0 bridgehead atoms. The zero-order chi connectivity index (χ0) is 11.1. The fraction of sp³-hybridized carbons (Fsp3) is 1.00. The van der Waals surface area contributed by atoms with E-state index in [0.29, 0.717) is 6.61 Å². The molecule has 0 aromatic heterocycles. The number of rotatable bonds is 4. The molecule has 0 atom stereocenters. The molecule has 1 aliphatic rings. The van der Waals surface area contributed by atoms with Crippen LogP contribution in [0.5, 0.6) is 0 Å². The van der Waals surface area contributed by atoms with E-state index in [0.717, 1.165) is 25.6 Å². The summed E-state index contributed by atoms with van der Waals surface area (Å²) in [4.78, 5) is 4.97. The molecule has 1 saturated heterocycles. The summed E-state index contributed by atoms with van der Waals surface area (Å²) < 4.78 is 0. The van der Waals surface area contributed by atoms with Gasteiger partial charge >= 0.3 is 0 Å². The number of nitrogens with zero attached hydrogens (tertiary/aromatic N) is 2. The highest BCUT2D eigenvalue weighted by Gasteiger charge is 2.12. The van der Waals surface area contributed by atoms with Gasteiger partial charge in [0.05, 0.1) is 6.61 Å². The summed E-state index contributed by atoms with van der Waals surface area (Å²) in [6.45, 7) is 11.7. The van der Waals surface area contributed by atoms with Crippen LogP contribution in [0.1, 0.15) is 34.1 Å². The number of β-amino-alcohol motifs (C(OH)–C–C–N with tert-alkyl or cyclic N) is 1. The highest BCUT2D eigenvalue weighted by Crippen LogP contribution is 2.06. The minimum absolute atomic E-state index is 0. The highest BCUT2D eigenvalue weighted by atomic mass is 16.3. The predicted octanol–water partition coefficient (Wildman–Crippen LogP) is 1.67. The Morgan fingerprint density at radius 3 is 1.94 bits per heavy atom. The monoisotopic (exact) mass is 230 g/mol. The zero-order valence-corrected chi connectivity index (χ0v) is 10.3. The molecule has 98 valence electrons. The maximum atomic E-state index is 8.90. The highest BCUT2D eigenvalue weighted by molar-refractivity contribution is 4.68. The van der Waals surface area contributed by atoms with Crippen LogP contribution in [0.4, 0.5) is 0 Å². The molecule has 0 spiro atoms. The van der Waals surface area contributed by atoms with Crippen LogP contribution in [0.15, 0.2) is 0 Å². The van der Waals surface area contributed by atoms with Gasteiger partial charge in [-0.1, -0.05) is 21.3 Å². The molecule has 16 heavy (non-hydrogen) atoms. The van der Waals surface area contributed by atoms with E-state index >= 15 is 0 Å². The molecule has 0 aromatic carbocycles. The molecule has 0 amide bonds. The minimum atomic E-state index is 0. The SMILES string of the molecule is C.CC(C)CN1CCCN(CCO)CCC1. The summed E-state index contributed by atoms with van der Waals surface area (Å²) in [7, 11) is 0. The second-order valence-electron chi connectivity index (χ2n) is 4.97. The first-order chi connectivity index (χ1) is 7.22. The smallest absolute Gasteiger partial charge is 0.0558 e. The van der Waals surface area contributed by atoms with Crippen LogP contribution in [0.2, 0.25) is 0 Å². The summed E-state index contributed by atoms with van der Waals surface area (Å²) in [5.74, 6) is 0.776. The Morgan fingerprint density at radius 2 is 1.50 bits per heavy atom. The molecule has 1 N–H and O–H groups in total. The first-order valence-electron chi connectivity index (χ1n) is 6.28. The van der Waals surface area contributed by atoms with Crippen molar-refractivity contribution in [2.75, 3.05) is 45.9 Å². The van der Waals surface area contributed by atoms with E-state index in [1.165, 1.54) is 32.5 Å². The molecule has 0 aromatic rings. The third-order valence-electron chi connectivity index (χ3n) is 2.94. The fourth-order valence-electron chi connectivity index (χ4n) is 2.32. The Bertz CT molecular complexity index is 152. The molecule has 0 aliphatic carbocycles. The molecular weight excluding hydrogens is 200 g/mol. The molecule has 0 unspecified atom stereocenters. The average Bonchev–Trinajstić information content (AvgIpc) is 2.12. The second kappa shape index (κ2) is 8.97. The van der Waals surface area contributed by atoms with Crippen LogP contribution in [0.25, 0.3) is 0 Å². The Labute approximate surface area is 101 Å². The lowest BCUT2D eigenvalue weighted by molar-refractivity contribution is 0.148. The van der Waals surface area contributed by atoms with Crippen molar-refractivity contribution in [3.8, 4) is 0 Å². The lowest BCUT2D eigenvalue weighted by Gasteiger charge is -2.30. The van der Waals surface area contributed by atoms with Gasteiger partial charge < -0.3 is 14.9 Å². The van der Waals surface area contributed by atoms with Gasteiger partial charge in [-0.05, 0) is 44.9 Å². The van der Waals surface area contributed by atoms with Crippen molar-refractivity contribution in [3.63, 3.8) is 0 Å². The second-order valence-corrected chi connectivity index (χ2v) is 4.97. The first kappa shape index (κ1) is 15.9. The van der Waals surface area contributed by atoms with Crippen molar-refractivity contribution in [2.24, 2.45) is 5.92 Å². The number of aliphatic hydroxyl groups is 1. The number of hydrogen-bond acceptors (Lipinski definition) is 3. The third kappa shape index (κ3) is 6.46. The third-order valence-corrected chi connectivity index (χ3v) is 2.94. The van der Waals surface area contributed by atoms with Gasteiger partial charge in [-0.15, -0.1) is 0 Å². The van der Waals surface area contributed by atoms with Crippen molar-refractivity contribution in [1.82, 2.24) is 9.80 Å². The summed E-state index contributed by atoms with van der Waals surface area (Å²) in [5.41, 5.74) is 0. The molecule has 0 radical (unpaired) electrons. The van der Waals surface area contributed by atoms with E-state index in [1.54, 1.807) is 0 Å². The zero-order valence-electron chi connectivity index (χ0n) is 10.3.